The molecule has 1 unspecified atom stereocenters. The average Bonchev–Trinajstić information content (AvgIpc) is 2.73. The number of amides is 2. The smallest absolute Gasteiger partial charge is 0.322 e. The predicted octanol–water partition coefficient (Wildman–Crippen LogP) is 4.87. The van der Waals surface area contributed by atoms with E-state index in [9.17, 15) is 4.79 Å². The molecular formula is C23H22N2O2. The third-order valence-corrected chi connectivity index (χ3v) is 5.00. The van der Waals surface area contributed by atoms with Crippen molar-refractivity contribution >= 4 is 11.7 Å². The highest BCUT2D eigenvalue weighted by molar-refractivity contribution is 5.90. The predicted molar refractivity (Wildman–Crippen MR) is 107 cm³/mol. The Morgan fingerprint density at radius 2 is 1.67 bits per heavy atom. The molecule has 4 heteroatoms. The van der Waals surface area contributed by atoms with E-state index in [4.69, 9.17) is 4.74 Å². The van der Waals surface area contributed by atoms with Crippen molar-refractivity contribution in [1.82, 2.24) is 4.90 Å². The van der Waals surface area contributed by atoms with Crippen LogP contribution in [-0.4, -0.2) is 24.6 Å². The van der Waals surface area contributed by atoms with Gasteiger partial charge in [0.05, 0.1) is 13.2 Å². The van der Waals surface area contributed by atoms with Gasteiger partial charge < -0.3 is 15.0 Å². The standard InChI is InChI=1S/C23H22N2O2/c1-27-20-13-11-18(12-14-20)22-21-10-6-5-7-17(21)15-16-25(22)23(26)24-19-8-3-2-4-9-19/h2-14,22H,15-16H2,1H3,(H,24,26). The highest BCUT2D eigenvalue weighted by atomic mass is 16.5. The Labute approximate surface area is 159 Å². The van der Waals surface area contributed by atoms with Crippen LogP contribution in [0.15, 0.2) is 78.9 Å². The van der Waals surface area contributed by atoms with Crippen LogP contribution in [0, 0.1) is 0 Å². The maximum Gasteiger partial charge on any atom is 0.322 e. The number of methoxy groups -OCH3 is 1. The van der Waals surface area contributed by atoms with E-state index in [1.165, 1.54) is 11.1 Å². The third kappa shape index (κ3) is 3.51. The Kier molecular flexibility index (Phi) is 4.79. The number of hydrogen-bond donors (Lipinski definition) is 1. The van der Waals surface area contributed by atoms with Crippen molar-refractivity contribution in [3.05, 3.63) is 95.6 Å². The molecular weight excluding hydrogens is 336 g/mol. The Hall–Kier alpha value is -3.27. The minimum atomic E-state index is -0.121. The van der Waals surface area contributed by atoms with Crippen molar-refractivity contribution in [1.29, 1.82) is 0 Å². The zero-order valence-electron chi connectivity index (χ0n) is 15.3. The van der Waals surface area contributed by atoms with E-state index in [0.29, 0.717) is 6.54 Å². The van der Waals surface area contributed by atoms with E-state index in [2.05, 4.69) is 23.5 Å². The number of urea groups is 1. The van der Waals surface area contributed by atoms with E-state index in [1.54, 1.807) is 7.11 Å². The van der Waals surface area contributed by atoms with Crippen molar-refractivity contribution in [3.8, 4) is 5.75 Å². The zero-order chi connectivity index (χ0) is 18.6. The second-order valence-corrected chi connectivity index (χ2v) is 6.61. The van der Waals surface area contributed by atoms with Crippen molar-refractivity contribution in [2.75, 3.05) is 19.0 Å². The van der Waals surface area contributed by atoms with Gasteiger partial charge >= 0.3 is 6.03 Å². The molecule has 0 radical (unpaired) electrons. The molecule has 4 rings (SSSR count). The number of nitrogens with one attached hydrogen (secondary N) is 1. The number of rotatable bonds is 3. The van der Waals surface area contributed by atoms with Crippen LogP contribution in [0.1, 0.15) is 22.7 Å². The maximum atomic E-state index is 13.1. The van der Waals surface area contributed by atoms with E-state index in [1.807, 2.05) is 65.6 Å². The van der Waals surface area contributed by atoms with E-state index in [0.717, 1.165) is 23.4 Å². The lowest BCUT2D eigenvalue weighted by molar-refractivity contribution is 0.194. The van der Waals surface area contributed by atoms with Gasteiger partial charge in [-0.15, -0.1) is 0 Å². The molecule has 3 aromatic rings. The Balaban J connectivity index is 1.70. The highest BCUT2D eigenvalue weighted by Gasteiger charge is 2.31. The fourth-order valence-corrected chi connectivity index (χ4v) is 3.65. The molecule has 136 valence electrons. The highest BCUT2D eigenvalue weighted by Crippen LogP contribution is 2.36. The first-order valence-electron chi connectivity index (χ1n) is 9.10. The van der Waals surface area contributed by atoms with Crippen molar-refractivity contribution < 1.29 is 9.53 Å². The summed E-state index contributed by atoms with van der Waals surface area (Å²) in [6, 6.07) is 25.7. The molecule has 1 N–H and O–H groups in total. The van der Waals surface area contributed by atoms with Crippen molar-refractivity contribution in [2.45, 2.75) is 12.5 Å². The molecule has 0 bridgehead atoms. The van der Waals surface area contributed by atoms with Gasteiger partial charge in [0.25, 0.3) is 0 Å². The van der Waals surface area contributed by atoms with Crippen LogP contribution in [-0.2, 0) is 6.42 Å². The van der Waals surface area contributed by atoms with E-state index < -0.39 is 0 Å². The molecule has 1 aliphatic rings. The molecule has 0 saturated carbocycles. The molecule has 3 aromatic carbocycles. The molecule has 27 heavy (non-hydrogen) atoms. The lowest BCUT2D eigenvalue weighted by atomic mass is 9.88. The van der Waals surface area contributed by atoms with Crippen LogP contribution in [0.5, 0.6) is 5.75 Å². The van der Waals surface area contributed by atoms with Crippen molar-refractivity contribution in [3.63, 3.8) is 0 Å². The minimum Gasteiger partial charge on any atom is -0.497 e. The number of benzene rings is 3. The van der Waals surface area contributed by atoms with Gasteiger partial charge in [0.1, 0.15) is 5.75 Å². The second kappa shape index (κ2) is 7.54. The Morgan fingerprint density at radius 3 is 2.41 bits per heavy atom. The zero-order valence-corrected chi connectivity index (χ0v) is 15.3. The monoisotopic (exact) mass is 358 g/mol. The third-order valence-electron chi connectivity index (χ3n) is 5.00. The largest absolute Gasteiger partial charge is 0.497 e. The summed E-state index contributed by atoms with van der Waals surface area (Å²) in [6.07, 6.45) is 0.852. The summed E-state index contributed by atoms with van der Waals surface area (Å²) in [4.78, 5) is 15.0. The second-order valence-electron chi connectivity index (χ2n) is 6.61. The van der Waals surface area contributed by atoms with Crippen LogP contribution in [0.4, 0.5) is 10.5 Å². The summed E-state index contributed by atoms with van der Waals surface area (Å²) in [5, 5.41) is 3.03. The van der Waals surface area contributed by atoms with Gasteiger partial charge in [-0.1, -0.05) is 54.6 Å². The first kappa shape index (κ1) is 17.2. The average molecular weight is 358 g/mol. The number of ether oxygens (including phenoxy) is 1. The number of hydrogen-bond acceptors (Lipinski definition) is 2. The molecule has 0 spiro atoms. The SMILES string of the molecule is COc1ccc(C2c3ccccc3CCN2C(=O)Nc2ccccc2)cc1. The summed E-state index contributed by atoms with van der Waals surface area (Å²) in [7, 11) is 1.66. The minimum absolute atomic E-state index is 0.0866. The first-order valence-corrected chi connectivity index (χ1v) is 9.10. The number of fused-ring (bicyclic) bond motifs is 1. The molecule has 0 aromatic heterocycles. The van der Waals surface area contributed by atoms with E-state index in [-0.39, 0.29) is 12.1 Å². The van der Waals surface area contributed by atoms with Gasteiger partial charge in [-0.05, 0) is 47.4 Å². The summed E-state index contributed by atoms with van der Waals surface area (Å²) in [5.41, 5.74) is 4.35. The fourth-order valence-electron chi connectivity index (χ4n) is 3.65. The first-order chi connectivity index (χ1) is 13.3. The molecule has 0 fully saturated rings. The lowest BCUT2D eigenvalue weighted by Crippen LogP contribution is -2.43. The van der Waals surface area contributed by atoms with Gasteiger partial charge in [-0.25, -0.2) is 4.79 Å². The van der Waals surface area contributed by atoms with Crippen LogP contribution in [0.2, 0.25) is 0 Å². The van der Waals surface area contributed by atoms with Crippen LogP contribution in [0.25, 0.3) is 0 Å². The quantitative estimate of drug-likeness (QED) is 0.725. The summed E-state index contributed by atoms with van der Waals surface area (Å²) in [5.74, 6) is 0.808. The van der Waals surface area contributed by atoms with Crippen molar-refractivity contribution in [2.24, 2.45) is 0 Å². The number of anilines is 1. The molecule has 4 nitrogen and oxygen atoms in total. The van der Waals surface area contributed by atoms with Gasteiger partial charge in [0.15, 0.2) is 0 Å². The van der Waals surface area contributed by atoms with Gasteiger partial charge in [0, 0.05) is 12.2 Å². The topological polar surface area (TPSA) is 41.6 Å². The van der Waals surface area contributed by atoms with Gasteiger partial charge in [-0.2, -0.15) is 0 Å². The molecule has 2 amide bonds. The Morgan fingerprint density at radius 1 is 0.963 bits per heavy atom. The van der Waals surface area contributed by atoms with Crippen LogP contribution in [0.3, 0.4) is 0 Å². The van der Waals surface area contributed by atoms with Gasteiger partial charge in [0.2, 0.25) is 0 Å². The number of nitrogens with zero attached hydrogens (tertiary/aromatic N) is 1. The number of para-hydroxylation sites is 1. The Bertz CT molecular complexity index is 923. The van der Waals surface area contributed by atoms with Crippen LogP contribution < -0.4 is 10.1 Å². The molecule has 1 aliphatic heterocycles. The molecule has 1 heterocycles. The fraction of sp³-hybridized carbons (Fsp3) is 0.174. The number of carbonyl (C=O) groups is 1. The lowest BCUT2D eigenvalue weighted by Gasteiger charge is -2.37. The van der Waals surface area contributed by atoms with Crippen LogP contribution >= 0.6 is 0 Å². The van der Waals surface area contributed by atoms with Gasteiger partial charge in [-0.3, -0.25) is 0 Å². The summed E-state index contributed by atoms with van der Waals surface area (Å²) in [6.45, 7) is 0.673. The maximum absolute atomic E-state index is 13.1. The van der Waals surface area contributed by atoms with E-state index >= 15 is 0 Å². The molecule has 1 atom stereocenters. The molecule has 0 aliphatic carbocycles. The number of carbonyl (C=O) groups excluding carboxylic acids is 1. The normalized spacial score (nSPS) is 15.7. The summed E-state index contributed by atoms with van der Waals surface area (Å²) >= 11 is 0. The molecule has 0 saturated heterocycles. The summed E-state index contributed by atoms with van der Waals surface area (Å²) < 4.78 is 5.29.